The molecule has 0 saturated carbocycles. The Morgan fingerprint density at radius 2 is 2.11 bits per heavy atom. The van der Waals surface area contributed by atoms with Gasteiger partial charge < -0.3 is 9.47 Å². The van der Waals surface area contributed by atoms with Crippen molar-refractivity contribution in [3.63, 3.8) is 0 Å². The van der Waals surface area contributed by atoms with Crippen LogP contribution < -0.4 is 4.72 Å². The smallest absolute Gasteiger partial charge is 0.421 e. The minimum Gasteiger partial charge on any atom is -0.469 e. The molecule has 18 heavy (non-hydrogen) atoms. The van der Waals surface area contributed by atoms with Gasteiger partial charge in [0.2, 0.25) is 0 Å². The van der Waals surface area contributed by atoms with Gasteiger partial charge in [-0.05, 0) is 13.3 Å². The number of amides is 1. The third-order valence-corrected chi connectivity index (χ3v) is 3.95. The van der Waals surface area contributed by atoms with E-state index in [1.807, 2.05) is 0 Å². The van der Waals surface area contributed by atoms with E-state index in [2.05, 4.69) is 9.47 Å². The highest BCUT2D eigenvalue weighted by atomic mass is 32.2. The van der Waals surface area contributed by atoms with E-state index < -0.39 is 28.2 Å². The van der Waals surface area contributed by atoms with Crippen LogP contribution in [0.3, 0.4) is 0 Å². The molecule has 1 unspecified atom stereocenters. The molecule has 9 heteroatoms. The van der Waals surface area contributed by atoms with E-state index in [9.17, 15) is 18.0 Å². The molecule has 1 aliphatic rings. The molecule has 0 aliphatic carbocycles. The van der Waals surface area contributed by atoms with Crippen LogP contribution in [0.5, 0.6) is 0 Å². The number of ether oxygens (including phenoxy) is 2. The summed E-state index contributed by atoms with van der Waals surface area (Å²) >= 11 is 0. The number of carbonyl (C=O) groups excluding carboxylic acids is 2. The third-order valence-electron chi connectivity index (χ3n) is 2.51. The second-order valence-corrected chi connectivity index (χ2v) is 5.36. The van der Waals surface area contributed by atoms with Gasteiger partial charge in [0.15, 0.2) is 0 Å². The number of nitrogens with zero attached hydrogens (tertiary/aromatic N) is 1. The lowest BCUT2D eigenvalue weighted by Crippen LogP contribution is -2.43. The molecule has 1 saturated heterocycles. The van der Waals surface area contributed by atoms with E-state index in [4.69, 9.17) is 0 Å². The van der Waals surface area contributed by atoms with Gasteiger partial charge in [0.1, 0.15) is 0 Å². The van der Waals surface area contributed by atoms with Crippen LogP contribution >= 0.6 is 0 Å². The van der Waals surface area contributed by atoms with Gasteiger partial charge in [-0.3, -0.25) is 4.79 Å². The molecule has 1 heterocycles. The van der Waals surface area contributed by atoms with Gasteiger partial charge in [-0.1, -0.05) is 0 Å². The Labute approximate surface area is 105 Å². The molecule has 0 bridgehead atoms. The van der Waals surface area contributed by atoms with Gasteiger partial charge in [-0.25, -0.2) is 9.52 Å². The standard InChI is InChI=1S/C9H16N2O6S/c1-3-17-9(13)10-18(14,15)11-5-4-7(6-11)8(12)16-2/h7H,3-6H2,1-2H3,(H,10,13). The van der Waals surface area contributed by atoms with Crippen molar-refractivity contribution >= 4 is 22.3 Å². The highest BCUT2D eigenvalue weighted by Crippen LogP contribution is 2.19. The van der Waals surface area contributed by atoms with Crippen molar-refractivity contribution in [2.75, 3.05) is 26.8 Å². The number of hydrogen-bond donors (Lipinski definition) is 1. The molecule has 1 atom stereocenters. The van der Waals surface area contributed by atoms with Crippen LogP contribution in [0.1, 0.15) is 13.3 Å². The lowest BCUT2D eigenvalue weighted by molar-refractivity contribution is -0.144. The summed E-state index contributed by atoms with van der Waals surface area (Å²) in [4.78, 5) is 22.3. The number of rotatable bonds is 4. The number of hydrogen-bond acceptors (Lipinski definition) is 6. The largest absolute Gasteiger partial charge is 0.469 e. The van der Waals surface area contributed by atoms with E-state index in [0.29, 0.717) is 6.42 Å². The van der Waals surface area contributed by atoms with E-state index in [-0.39, 0.29) is 19.7 Å². The molecule has 1 rings (SSSR count). The Morgan fingerprint density at radius 1 is 1.44 bits per heavy atom. The zero-order valence-electron chi connectivity index (χ0n) is 10.2. The lowest BCUT2D eigenvalue weighted by atomic mass is 10.1. The average molecular weight is 280 g/mol. The minimum absolute atomic E-state index is 0.00140. The fraction of sp³-hybridized carbons (Fsp3) is 0.778. The van der Waals surface area contributed by atoms with E-state index in [0.717, 1.165) is 4.31 Å². The fourth-order valence-corrected chi connectivity index (χ4v) is 2.76. The second kappa shape index (κ2) is 6.01. The molecule has 8 nitrogen and oxygen atoms in total. The van der Waals surface area contributed by atoms with Crippen molar-refractivity contribution < 1.29 is 27.5 Å². The van der Waals surface area contributed by atoms with E-state index >= 15 is 0 Å². The maximum absolute atomic E-state index is 11.7. The predicted molar refractivity (Wildman–Crippen MR) is 60.8 cm³/mol. The monoisotopic (exact) mass is 280 g/mol. The molecular formula is C9H16N2O6S. The molecular weight excluding hydrogens is 264 g/mol. The van der Waals surface area contributed by atoms with Gasteiger partial charge in [0.05, 0.1) is 19.6 Å². The first-order valence-electron chi connectivity index (χ1n) is 5.43. The van der Waals surface area contributed by atoms with Crippen LogP contribution in [0.15, 0.2) is 0 Å². The number of nitrogens with one attached hydrogen (secondary N) is 1. The molecule has 1 aliphatic heterocycles. The highest BCUT2D eigenvalue weighted by Gasteiger charge is 2.36. The number of carbonyl (C=O) groups is 2. The van der Waals surface area contributed by atoms with Crippen molar-refractivity contribution in [2.24, 2.45) is 5.92 Å². The number of esters is 1. The van der Waals surface area contributed by atoms with Crippen LogP contribution in [-0.4, -0.2) is 51.6 Å². The van der Waals surface area contributed by atoms with Gasteiger partial charge >= 0.3 is 22.3 Å². The molecule has 0 aromatic carbocycles. The summed E-state index contributed by atoms with van der Waals surface area (Å²) < 4.78 is 35.3. The highest BCUT2D eigenvalue weighted by molar-refractivity contribution is 7.87. The maximum atomic E-state index is 11.7. The van der Waals surface area contributed by atoms with Crippen LogP contribution in [0, 0.1) is 5.92 Å². The van der Waals surface area contributed by atoms with Crippen LogP contribution in [-0.2, 0) is 24.5 Å². The Morgan fingerprint density at radius 3 is 2.67 bits per heavy atom. The summed E-state index contributed by atoms with van der Waals surface area (Å²) in [6.45, 7) is 1.80. The molecule has 0 aromatic heterocycles. The summed E-state index contributed by atoms with van der Waals surface area (Å²) in [6, 6.07) is 0. The first kappa shape index (κ1) is 14.7. The third kappa shape index (κ3) is 3.57. The quantitative estimate of drug-likeness (QED) is 0.695. The molecule has 104 valence electrons. The van der Waals surface area contributed by atoms with Crippen molar-refractivity contribution in [2.45, 2.75) is 13.3 Å². The summed E-state index contributed by atoms with van der Waals surface area (Å²) in [6.07, 6.45) is -0.657. The summed E-state index contributed by atoms with van der Waals surface area (Å²) in [5, 5.41) is 0. The predicted octanol–water partition coefficient (Wildman–Crippen LogP) is -0.528. The average Bonchev–Trinajstić information content (AvgIpc) is 2.77. The molecule has 1 fully saturated rings. The Hall–Kier alpha value is -1.35. The van der Waals surface area contributed by atoms with E-state index in [1.165, 1.54) is 7.11 Å². The van der Waals surface area contributed by atoms with Gasteiger partial charge in [-0.2, -0.15) is 12.7 Å². The summed E-state index contributed by atoms with van der Waals surface area (Å²) in [7, 11) is -2.71. The first-order valence-corrected chi connectivity index (χ1v) is 6.87. The molecule has 1 N–H and O–H groups in total. The van der Waals surface area contributed by atoms with Gasteiger partial charge in [-0.15, -0.1) is 0 Å². The number of methoxy groups -OCH3 is 1. The topological polar surface area (TPSA) is 102 Å². The normalized spacial score (nSPS) is 20.4. The minimum atomic E-state index is -3.96. The van der Waals surface area contributed by atoms with Crippen LogP contribution in [0.4, 0.5) is 4.79 Å². The Bertz CT molecular complexity index is 421. The Balaban J connectivity index is 2.60. The van der Waals surface area contributed by atoms with Crippen molar-refractivity contribution in [3.8, 4) is 0 Å². The van der Waals surface area contributed by atoms with Crippen molar-refractivity contribution in [3.05, 3.63) is 0 Å². The second-order valence-electron chi connectivity index (χ2n) is 3.69. The maximum Gasteiger partial charge on any atom is 0.421 e. The van der Waals surface area contributed by atoms with Crippen molar-refractivity contribution in [1.29, 1.82) is 0 Å². The lowest BCUT2D eigenvalue weighted by Gasteiger charge is -2.16. The first-order chi connectivity index (χ1) is 8.40. The SMILES string of the molecule is CCOC(=O)NS(=O)(=O)N1CCC(C(=O)OC)C1. The summed E-state index contributed by atoms with van der Waals surface area (Å²) in [5.41, 5.74) is 0. The summed E-state index contributed by atoms with van der Waals surface area (Å²) in [5.74, 6) is -0.947. The molecule has 1 amide bonds. The fourth-order valence-electron chi connectivity index (χ4n) is 1.64. The van der Waals surface area contributed by atoms with E-state index in [1.54, 1.807) is 11.6 Å². The van der Waals surface area contributed by atoms with Gasteiger partial charge in [0.25, 0.3) is 0 Å². The molecule has 0 radical (unpaired) electrons. The van der Waals surface area contributed by atoms with Gasteiger partial charge in [0, 0.05) is 13.1 Å². The zero-order valence-corrected chi connectivity index (χ0v) is 11.0. The molecule has 0 spiro atoms. The zero-order chi connectivity index (χ0) is 13.8. The Kier molecular flexibility index (Phi) is 4.91. The molecule has 0 aromatic rings. The van der Waals surface area contributed by atoms with Crippen molar-refractivity contribution in [1.82, 2.24) is 9.03 Å². The van der Waals surface area contributed by atoms with Crippen LogP contribution in [0.25, 0.3) is 0 Å². The van der Waals surface area contributed by atoms with Crippen LogP contribution in [0.2, 0.25) is 0 Å².